The molecule has 0 saturated heterocycles. The monoisotopic (exact) mass is 251 g/mol. The smallest absolute Gasteiger partial charge is 0.138 e. The van der Waals surface area contributed by atoms with E-state index >= 15 is 0 Å². The zero-order valence-electron chi connectivity index (χ0n) is 11.0. The fraction of sp³-hybridized carbons (Fsp3) is 0.538. The molecule has 0 bridgehead atoms. The maximum Gasteiger partial charge on any atom is 0.138 e. The van der Waals surface area contributed by atoms with Crippen LogP contribution in [0.15, 0.2) is 12.1 Å². The molecule has 0 saturated carbocycles. The van der Waals surface area contributed by atoms with Crippen molar-refractivity contribution in [3.8, 4) is 0 Å². The predicted octanol–water partition coefficient (Wildman–Crippen LogP) is 2.51. The van der Waals surface area contributed by atoms with Gasteiger partial charge >= 0.3 is 0 Å². The molecule has 0 radical (unpaired) electrons. The Morgan fingerprint density at radius 3 is 2.65 bits per heavy atom. The van der Waals surface area contributed by atoms with Crippen LogP contribution in [0.1, 0.15) is 31.5 Å². The van der Waals surface area contributed by atoms with Crippen molar-refractivity contribution in [3.05, 3.63) is 23.4 Å². The second-order valence-electron chi connectivity index (χ2n) is 4.79. The lowest BCUT2D eigenvalue weighted by Gasteiger charge is -2.22. The Morgan fingerprint density at radius 1 is 1.47 bits per heavy atom. The quantitative estimate of drug-likeness (QED) is 0.817. The molecule has 17 heavy (non-hydrogen) atoms. The fourth-order valence-corrected chi connectivity index (χ4v) is 1.74. The third-order valence-electron chi connectivity index (χ3n) is 2.68. The van der Waals surface area contributed by atoms with Crippen molar-refractivity contribution in [2.45, 2.75) is 27.2 Å². The minimum absolute atomic E-state index is 0.406. The van der Waals surface area contributed by atoms with Gasteiger partial charge in [0.2, 0.25) is 0 Å². The summed E-state index contributed by atoms with van der Waals surface area (Å²) in [6.45, 7) is 7.37. The summed E-state index contributed by atoms with van der Waals surface area (Å²) in [6, 6.07) is 3.89. The van der Waals surface area contributed by atoms with Gasteiger partial charge in [-0.15, -0.1) is 0 Å². The van der Waals surface area contributed by atoms with Crippen molar-refractivity contribution in [2.24, 2.45) is 11.7 Å². The van der Waals surface area contributed by atoms with Crippen molar-refractivity contribution >= 4 is 23.0 Å². The van der Waals surface area contributed by atoms with Gasteiger partial charge in [0.1, 0.15) is 10.8 Å². The van der Waals surface area contributed by atoms with E-state index in [2.05, 4.69) is 23.7 Å². The Hall–Kier alpha value is -1.16. The highest BCUT2D eigenvalue weighted by molar-refractivity contribution is 7.80. The van der Waals surface area contributed by atoms with E-state index in [1.54, 1.807) is 0 Å². The zero-order valence-corrected chi connectivity index (χ0v) is 11.8. The number of pyridine rings is 1. The number of aromatic nitrogens is 1. The summed E-state index contributed by atoms with van der Waals surface area (Å²) in [5, 5.41) is 0. The third kappa shape index (κ3) is 3.97. The number of hydrogen-bond donors (Lipinski definition) is 1. The Morgan fingerprint density at radius 2 is 2.12 bits per heavy atom. The van der Waals surface area contributed by atoms with Gasteiger partial charge in [0.15, 0.2) is 0 Å². The number of aryl methyl sites for hydroxylation is 1. The van der Waals surface area contributed by atoms with Crippen LogP contribution in [0.2, 0.25) is 0 Å². The fourth-order valence-electron chi connectivity index (χ4n) is 1.58. The minimum Gasteiger partial charge on any atom is -0.389 e. The molecule has 0 spiro atoms. The van der Waals surface area contributed by atoms with E-state index < -0.39 is 0 Å². The highest BCUT2D eigenvalue weighted by atomic mass is 32.1. The summed E-state index contributed by atoms with van der Waals surface area (Å²) >= 11 is 5.06. The first-order valence-corrected chi connectivity index (χ1v) is 6.31. The van der Waals surface area contributed by atoms with E-state index in [1.807, 2.05) is 26.1 Å². The van der Waals surface area contributed by atoms with Gasteiger partial charge in [-0.2, -0.15) is 0 Å². The molecule has 1 aromatic rings. The number of anilines is 1. The highest BCUT2D eigenvalue weighted by Gasteiger charge is 2.11. The molecule has 0 aliphatic carbocycles. The number of hydrogen-bond acceptors (Lipinski definition) is 3. The zero-order chi connectivity index (χ0) is 13.0. The number of rotatable bonds is 5. The molecular formula is C13H21N3S. The maximum absolute atomic E-state index is 5.72. The summed E-state index contributed by atoms with van der Waals surface area (Å²) < 4.78 is 0. The van der Waals surface area contributed by atoms with Crippen LogP contribution in [0.5, 0.6) is 0 Å². The molecule has 0 aliphatic rings. The van der Waals surface area contributed by atoms with E-state index in [4.69, 9.17) is 18.0 Å². The van der Waals surface area contributed by atoms with Gasteiger partial charge in [0.25, 0.3) is 0 Å². The summed E-state index contributed by atoms with van der Waals surface area (Å²) in [6.07, 6.45) is 1.13. The van der Waals surface area contributed by atoms with Gasteiger partial charge in [-0.05, 0) is 31.4 Å². The normalized spacial score (nSPS) is 10.6. The second kappa shape index (κ2) is 5.96. The van der Waals surface area contributed by atoms with Gasteiger partial charge in [-0.3, -0.25) is 0 Å². The summed E-state index contributed by atoms with van der Waals surface area (Å²) in [4.78, 5) is 7.06. The van der Waals surface area contributed by atoms with Crippen LogP contribution in [-0.4, -0.2) is 23.6 Å². The Bertz CT molecular complexity index is 402. The van der Waals surface area contributed by atoms with Crippen molar-refractivity contribution in [1.82, 2.24) is 4.98 Å². The van der Waals surface area contributed by atoms with Crippen molar-refractivity contribution in [1.29, 1.82) is 0 Å². The van der Waals surface area contributed by atoms with Crippen LogP contribution >= 0.6 is 12.2 Å². The molecule has 4 heteroatoms. The lowest BCUT2D eigenvalue weighted by molar-refractivity contribution is 0.583. The molecule has 1 aromatic heterocycles. The van der Waals surface area contributed by atoms with Crippen LogP contribution in [0, 0.1) is 12.8 Å². The first-order chi connectivity index (χ1) is 7.91. The van der Waals surface area contributed by atoms with Gasteiger partial charge in [0, 0.05) is 19.3 Å². The van der Waals surface area contributed by atoms with Crippen molar-refractivity contribution in [2.75, 3.05) is 18.5 Å². The second-order valence-corrected chi connectivity index (χ2v) is 5.23. The van der Waals surface area contributed by atoms with Crippen molar-refractivity contribution < 1.29 is 0 Å². The first kappa shape index (κ1) is 13.9. The van der Waals surface area contributed by atoms with Crippen LogP contribution < -0.4 is 10.6 Å². The molecule has 94 valence electrons. The molecule has 0 amide bonds. The molecule has 3 nitrogen and oxygen atoms in total. The summed E-state index contributed by atoms with van der Waals surface area (Å²) in [5.74, 6) is 1.56. The van der Waals surface area contributed by atoms with E-state index in [-0.39, 0.29) is 0 Å². The van der Waals surface area contributed by atoms with Gasteiger partial charge in [-0.1, -0.05) is 26.1 Å². The molecule has 0 unspecified atom stereocenters. The molecule has 2 N–H and O–H groups in total. The number of nitrogens with two attached hydrogens (primary N) is 1. The average Bonchev–Trinajstić information content (AvgIpc) is 2.25. The van der Waals surface area contributed by atoms with Crippen LogP contribution in [0.25, 0.3) is 0 Å². The molecular weight excluding hydrogens is 230 g/mol. The standard InChI is InChI=1S/C13H21N3S/c1-9(2)7-8-16(4)13-11(12(14)17)6-5-10(3)15-13/h5-6,9H,7-8H2,1-4H3,(H2,14,17). The third-order valence-corrected chi connectivity index (χ3v) is 2.90. The molecule has 0 atom stereocenters. The van der Waals surface area contributed by atoms with Crippen LogP contribution in [-0.2, 0) is 0 Å². The summed E-state index contributed by atoms with van der Waals surface area (Å²) in [7, 11) is 2.03. The summed E-state index contributed by atoms with van der Waals surface area (Å²) in [5.41, 5.74) is 7.56. The number of thiocarbonyl (C=S) groups is 1. The lowest BCUT2D eigenvalue weighted by atomic mass is 10.1. The topological polar surface area (TPSA) is 42.1 Å². The molecule has 0 aliphatic heterocycles. The Balaban J connectivity index is 2.94. The average molecular weight is 251 g/mol. The molecule has 1 heterocycles. The van der Waals surface area contributed by atoms with E-state index in [0.29, 0.717) is 10.9 Å². The van der Waals surface area contributed by atoms with Crippen LogP contribution in [0.3, 0.4) is 0 Å². The molecule has 0 fully saturated rings. The van der Waals surface area contributed by atoms with Gasteiger partial charge in [0.05, 0.1) is 5.56 Å². The first-order valence-electron chi connectivity index (χ1n) is 5.90. The molecule has 0 aromatic carbocycles. The lowest BCUT2D eigenvalue weighted by Crippen LogP contribution is -2.25. The van der Waals surface area contributed by atoms with Gasteiger partial charge < -0.3 is 10.6 Å². The van der Waals surface area contributed by atoms with Gasteiger partial charge in [-0.25, -0.2) is 4.98 Å². The Labute approximate surface area is 109 Å². The largest absolute Gasteiger partial charge is 0.389 e. The van der Waals surface area contributed by atoms with E-state index in [1.165, 1.54) is 0 Å². The Kier molecular flexibility index (Phi) is 4.87. The van der Waals surface area contributed by atoms with E-state index in [9.17, 15) is 0 Å². The maximum atomic E-state index is 5.72. The SMILES string of the molecule is Cc1ccc(C(N)=S)c(N(C)CCC(C)C)n1. The predicted molar refractivity (Wildman–Crippen MR) is 77.6 cm³/mol. The molecule has 1 rings (SSSR count). The van der Waals surface area contributed by atoms with Crippen molar-refractivity contribution in [3.63, 3.8) is 0 Å². The minimum atomic E-state index is 0.406. The van der Waals surface area contributed by atoms with E-state index in [0.717, 1.165) is 30.0 Å². The number of nitrogens with zero attached hydrogens (tertiary/aromatic N) is 2. The highest BCUT2D eigenvalue weighted by Crippen LogP contribution is 2.18. The van der Waals surface area contributed by atoms with Crippen LogP contribution in [0.4, 0.5) is 5.82 Å².